The van der Waals surface area contributed by atoms with Crippen molar-refractivity contribution in [1.29, 1.82) is 0 Å². The molecule has 2 heterocycles. The van der Waals surface area contributed by atoms with Crippen molar-refractivity contribution in [2.75, 3.05) is 25.6 Å². The lowest BCUT2D eigenvalue weighted by Gasteiger charge is -2.05. The highest BCUT2D eigenvalue weighted by molar-refractivity contribution is 5.39. The molecule has 0 aromatic carbocycles. The van der Waals surface area contributed by atoms with Crippen LogP contribution in [0.5, 0.6) is 0 Å². The van der Waals surface area contributed by atoms with E-state index in [2.05, 4.69) is 20.4 Å². The Morgan fingerprint density at radius 2 is 2.38 bits per heavy atom. The van der Waals surface area contributed by atoms with Crippen LogP contribution in [0, 0.1) is 0 Å². The predicted molar refractivity (Wildman–Crippen MR) is 59.5 cm³/mol. The monoisotopic (exact) mass is 219 g/mol. The predicted octanol–water partition coefficient (Wildman–Crippen LogP) is 0.721. The van der Waals surface area contributed by atoms with Gasteiger partial charge in [0, 0.05) is 32.1 Å². The average molecular weight is 219 g/mol. The van der Waals surface area contributed by atoms with Gasteiger partial charge in [-0.1, -0.05) is 0 Å². The molecule has 6 heteroatoms. The number of anilines is 1. The maximum Gasteiger partial charge on any atom is 0.158 e. The van der Waals surface area contributed by atoms with E-state index in [4.69, 9.17) is 4.74 Å². The molecule has 2 aromatic rings. The molecule has 6 nitrogen and oxygen atoms in total. The zero-order chi connectivity index (χ0) is 11.2. The van der Waals surface area contributed by atoms with Gasteiger partial charge in [-0.3, -0.25) is 0 Å². The quantitative estimate of drug-likeness (QED) is 0.751. The molecule has 0 unspecified atom stereocenters. The summed E-state index contributed by atoms with van der Waals surface area (Å²) in [5.41, 5.74) is 0. The molecule has 0 spiro atoms. The molecule has 0 saturated carbocycles. The van der Waals surface area contributed by atoms with Gasteiger partial charge in [-0.05, 0) is 6.07 Å². The van der Waals surface area contributed by atoms with Crippen LogP contribution in [-0.4, -0.2) is 40.0 Å². The molecule has 84 valence electrons. The van der Waals surface area contributed by atoms with Crippen LogP contribution in [-0.2, 0) is 4.74 Å². The normalized spacial score (nSPS) is 10.3. The molecule has 1 N–H and O–H groups in total. The smallest absolute Gasteiger partial charge is 0.158 e. The summed E-state index contributed by atoms with van der Waals surface area (Å²) in [4.78, 5) is 8.23. The topological polar surface area (TPSA) is 64.9 Å². The van der Waals surface area contributed by atoms with Crippen LogP contribution in [0.3, 0.4) is 0 Å². The minimum atomic E-state index is 0.640. The molecule has 2 rings (SSSR count). The Balaban J connectivity index is 2.08. The highest BCUT2D eigenvalue weighted by Gasteiger charge is 2.00. The Kier molecular flexibility index (Phi) is 3.45. The second-order valence-corrected chi connectivity index (χ2v) is 3.13. The Labute approximate surface area is 93.3 Å². The number of ether oxygens (including phenoxy) is 1. The number of nitrogens with zero attached hydrogens (tertiary/aromatic N) is 4. The van der Waals surface area contributed by atoms with Crippen molar-refractivity contribution in [1.82, 2.24) is 19.7 Å². The molecule has 16 heavy (non-hydrogen) atoms. The van der Waals surface area contributed by atoms with Crippen LogP contribution in [0.15, 0.2) is 30.9 Å². The van der Waals surface area contributed by atoms with Crippen LogP contribution in [0.1, 0.15) is 0 Å². The summed E-state index contributed by atoms with van der Waals surface area (Å²) in [6.07, 6.45) is 5.05. The van der Waals surface area contributed by atoms with E-state index in [9.17, 15) is 0 Å². The van der Waals surface area contributed by atoms with Crippen molar-refractivity contribution in [3.63, 3.8) is 0 Å². The Hall–Kier alpha value is -1.95. The molecular weight excluding hydrogens is 206 g/mol. The van der Waals surface area contributed by atoms with Crippen molar-refractivity contribution in [3.8, 4) is 5.82 Å². The molecular formula is C10H13N5O. The summed E-state index contributed by atoms with van der Waals surface area (Å²) in [6, 6.07) is 3.68. The molecule has 0 aliphatic rings. The average Bonchev–Trinajstić information content (AvgIpc) is 2.83. The Morgan fingerprint density at radius 3 is 3.12 bits per heavy atom. The van der Waals surface area contributed by atoms with E-state index in [1.165, 1.54) is 6.33 Å². The van der Waals surface area contributed by atoms with E-state index in [1.54, 1.807) is 18.0 Å². The third kappa shape index (κ3) is 2.54. The summed E-state index contributed by atoms with van der Waals surface area (Å²) in [7, 11) is 1.66. The first-order chi connectivity index (χ1) is 7.90. The van der Waals surface area contributed by atoms with Crippen molar-refractivity contribution in [2.24, 2.45) is 0 Å². The van der Waals surface area contributed by atoms with E-state index in [1.807, 2.05) is 18.3 Å². The van der Waals surface area contributed by atoms with E-state index in [0.717, 1.165) is 11.6 Å². The van der Waals surface area contributed by atoms with Crippen LogP contribution >= 0.6 is 0 Å². The lowest BCUT2D eigenvalue weighted by molar-refractivity contribution is 0.210. The van der Waals surface area contributed by atoms with Gasteiger partial charge < -0.3 is 10.1 Å². The third-order valence-corrected chi connectivity index (χ3v) is 2.00. The van der Waals surface area contributed by atoms with Crippen LogP contribution in [0.2, 0.25) is 0 Å². The van der Waals surface area contributed by atoms with Gasteiger partial charge in [0.15, 0.2) is 5.82 Å². The third-order valence-electron chi connectivity index (χ3n) is 2.00. The van der Waals surface area contributed by atoms with Crippen molar-refractivity contribution in [2.45, 2.75) is 0 Å². The largest absolute Gasteiger partial charge is 0.383 e. The number of aromatic nitrogens is 4. The van der Waals surface area contributed by atoms with Gasteiger partial charge in [0.25, 0.3) is 0 Å². The summed E-state index contributed by atoms with van der Waals surface area (Å²) < 4.78 is 6.63. The zero-order valence-corrected chi connectivity index (χ0v) is 9.00. The summed E-state index contributed by atoms with van der Waals surface area (Å²) in [5, 5.41) is 7.23. The molecule has 0 aliphatic carbocycles. The zero-order valence-electron chi connectivity index (χ0n) is 9.00. The van der Waals surface area contributed by atoms with Crippen molar-refractivity contribution < 1.29 is 4.74 Å². The van der Waals surface area contributed by atoms with Crippen molar-refractivity contribution >= 4 is 5.82 Å². The first-order valence-corrected chi connectivity index (χ1v) is 4.95. The molecule has 2 aromatic heterocycles. The van der Waals surface area contributed by atoms with Crippen LogP contribution in [0.25, 0.3) is 5.82 Å². The lowest BCUT2D eigenvalue weighted by Crippen LogP contribution is -2.09. The van der Waals surface area contributed by atoms with E-state index in [0.29, 0.717) is 13.2 Å². The fraction of sp³-hybridized carbons (Fsp3) is 0.300. The van der Waals surface area contributed by atoms with Gasteiger partial charge in [0.2, 0.25) is 0 Å². The van der Waals surface area contributed by atoms with E-state index in [-0.39, 0.29) is 0 Å². The summed E-state index contributed by atoms with van der Waals surface area (Å²) in [5.74, 6) is 1.50. The van der Waals surface area contributed by atoms with Gasteiger partial charge in [-0.15, -0.1) is 0 Å². The Morgan fingerprint density at radius 1 is 1.44 bits per heavy atom. The molecule has 0 fully saturated rings. The number of methoxy groups -OCH3 is 1. The van der Waals surface area contributed by atoms with Gasteiger partial charge >= 0.3 is 0 Å². The highest BCUT2D eigenvalue weighted by atomic mass is 16.5. The standard InChI is InChI=1S/C10H13N5O/c1-16-6-4-11-9-7-10(13-8-12-9)15-5-2-3-14-15/h2-3,5,7-8H,4,6H2,1H3,(H,11,12,13). The highest BCUT2D eigenvalue weighted by Crippen LogP contribution is 2.06. The van der Waals surface area contributed by atoms with Crippen LogP contribution in [0.4, 0.5) is 5.82 Å². The molecule has 0 atom stereocenters. The summed E-state index contributed by atoms with van der Waals surface area (Å²) in [6.45, 7) is 1.35. The first-order valence-electron chi connectivity index (χ1n) is 4.95. The molecule has 0 amide bonds. The molecule has 0 bridgehead atoms. The minimum absolute atomic E-state index is 0.640. The van der Waals surface area contributed by atoms with Gasteiger partial charge in [-0.2, -0.15) is 5.10 Å². The second kappa shape index (κ2) is 5.22. The lowest BCUT2D eigenvalue weighted by atomic mass is 10.5. The molecule has 0 radical (unpaired) electrons. The van der Waals surface area contributed by atoms with Gasteiger partial charge in [-0.25, -0.2) is 14.6 Å². The molecule has 0 aliphatic heterocycles. The number of hydrogen-bond donors (Lipinski definition) is 1. The number of nitrogens with one attached hydrogen (secondary N) is 1. The maximum atomic E-state index is 4.94. The van der Waals surface area contributed by atoms with E-state index < -0.39 is 0 Å². The maximum absolute atomic E-state index is 4.94. The fourth-order valence-electron chi connectivity index (χ4n) is 1.25. The SMILES string of the molecule is COCCNc1cc(-n2cccn2)ncn1. The summed E-state index contributed by atoms with van der Waals surface area (Å²) >= 11 is 0. The first kappa shape index (κ1) is 10.6. The fourth-order valence-corrected chi connectivity index (χ4v) is 1.25. The Bertz CT molecular complexity index is 429. The number of rotatable bonds is 5. The van der Waals surface area contributed by atoms with Crippen LogP contribution < -0.4 is 5.32 Å². The van der Waals surface area contributed by atoms with E-state index >= 15 is 0 Å². The second-order valence-electron chi connectivity index (χ2n) is 3.13. The van der Waals surface area contributed by atoms with Crippen molar-refractivity contribution in [3.05, 3.63) is 30.9 Å². The van der Waals surface area contributed by atoms with Gasteiger partial charge in [0.1, 0.15) is 12.1 Å². The molecule has 0 saturated heterocycles. The van der Waals surface area contributed by atoms with Gasteiger partial charge in [0.05, 0.1) is 6.61 Å². The number of hydrogen-bond acceptors (Lipinski definition) is 5. The minimum Gasteiger partial charge on any atom is -0.383 e.